The number of amides is 1. The van der Waals surface area contributed by atoms with Crippen LogP contribution >= 0.6 is 0 Å². The molecule has 6 heteroatoms. The van der Waals surface area contributed by atoms with Gasteiger partial charge in [0.05, 0.1) is 0 Å². The number of ether oxygens (including phenoxy) is 1. The van der Waals surface area contributed by atoms with Gasteiger partial charge in [0.25, 0.3) is 5.91 Å². The number of hydrogen-bond acceptors (Lipinski definition) is 2. The normalized spacial score (nSPS) is 11.1. The van der Waals surface area contributed by atoms with Gasteiger partial charge in [-0.3, -0.25) is 4.79 Å². The van der Waals surface area contributed by atoms with Gasteiger partial charge in [0.1, 0.15) is 5.75 Å². The van der Waals surface area contributed by atoms with E-state index in [1.54, 1.807) is 0 Å². The Morgan fingerprint density at radius 3 is 2.44 bits per heavy atom. The average molecular weight is 233 g/mol. The van der Waals surface area contributed by atoms with E-state index in [0.29, 0.717) is 11.1 Å². The quantitative estimate of drug-likeness (QED) is 0.850. The van der Waals surface area contributed by atoms with Crippen LogP contribution in [0.15, 0.2) is 18.2 Å². The fourth-order valence-electron chi connectivity index (χ4n) is 1.22. The third-order valence-electron chi connectivity index (χ3n) is 1.90. The standard InChI is InChI=1S/C10H10F3NO2/c1-6-5-7(16-10(11,12)13)3-4-8(6)9(15)14-2/h3-5H,1-2H3,(H,14,15). The first-order valence-corrected chi connectivity index (χ1v) is 4.42. The third kappa shape index (κ3) is 3.15. The molecular formula is C10H10F3NO2. The Labute approximate surface area is 90.2 Å². The summed E-state index contributed by atoms with van der Waals surface area (Å²) in [5.41, 5.74) is 0.734. The molecule has 1 amide bonds. The van der Waals surface area contributed by atoms with Crippen molar-refractivity contribution in [2.24, 2.45) is 0 Å². The van der Waals surface area contributed by atoms with Crippen LogP contribution in [0.3, 0.4) is 0 Å². The average Bonchev–Trinajstić information content (AvgIpc) is 2.14. The van der Waals surface area contributed by atoms with Crippen molar-refractivity contribution in [2.45, 2.75) is 13.3 Å². The molecule has 0 unspecified atom stereocenters. The maximum Gasteiger partial charge on any atom is 0.573 e. The van der Waals surface area contributed by atoms with Gasteiger partial charge in [-0.2, -0.15) is 0 Å². The van der Waals surface area contributed by atoms with Crippen molar-refractivity contribution in [3.8, 4) is 5.75 Å². The molecule has 0 saturated carbocycles. The number of alkyl halides is 3. The van der Waals surface area contributed by atoms with Crippen LogP contribution in [0.5, 0.6) is 5.75 Å². The molecule has 3 nitrogen and oxygen atoms in total. The minimum Gasteiger partial charge on any atom is -0.406 e. The van der Waals surface area contributed by atoms with E-state index in [4.69, 9.17) is 0 Å². The Hall–Kier alpha value is -1.72. The van der Waals surface area contributed by atoms with Crippen LogP contribution < -0.4 is 10.1 Å². The van der Waals surface area contributed by atoms with E-state index in [2.05, 4.69) is 10.1 Å². The van der Waals surface area contributed by atoms with Crippen molar-refractivity contribution in [2.75, 3.05) is 7.05 Å². The maximum absolute atomic E-state index is 11.9. The van der Waals surface area contributed by atoms with Crippen LogP contribution in [0, 0.1) is 6.92 Å². The van der Waals surface area contributed by atoms with Crippen LogP contribution in [-0.2, 0) is 0 Å². The molecule has 1 aromatic carbocycles. The smallest absolute Gasteiger partial charge is 0.406 e. The van der Waals surface area contributed by atoms with Crippen molar-refractivity contribution < 1.29 is 22.7 Å². The van der Waals surface area contributed by atoms with E-state index >= 15 is 0 Å². The Bertz CT molecular complexity index is 402. The van der Waals surface area contributed by atoms with Crippen LogP contribution in [0.4, 0.5) is 13.2 Å². The first-order chi connectivity index (χ1) is 7.33. The highest BCUT2D eigenvalue weighted by atomic mass is 19.4. The molecule has 0 aliphatic heterocycles. The van der Waals surface area contributed by atoms with E-state index in [-0.39, 0.29) is 11.7 Å². The van der Waals surface area contributed by atoms with Gasteiger partial charge in [-0.15, -0.1) is 13.2 Å². The molecule has 0 bridgehead atoms. The van der Waals surface area contributed by atoms with Crippen LogP contribution in [0.1, 0.15) is 15.9 Å². The number of carbonyl (C=O) groups excluding carboxylic acids is 1. The lowest BCUT2D eigenvalue weighted by atomic mass is 10.1. The largest absolute Gasteiger partial charge is 0.573 e. The molecule has 1 N–H and O–H groups in total. The fourth-order valence-corrected chi connectivity index (χ4v) is 1.22. The summed E-state index contributed by atoms with van der Waals surface area (Å²) in [6.07, 6.45) is -4.72. The van der Waals surface area contributed by atoms with Gasteiger partial charge >= 0.3 is 6.36 Å². The Kier molecular flexibility index (Phi) is 3.41. The van der Waals surface area contributed by atoms with Crippen LogP contribution in [-0.4, -0.2) is 19.3 Å². The maximum atomic E-state index is 11.9. The van der Waals surface area contributed by atoms with E-state index in [1.807, 2.05) is 0 Å². The van der Waals surface area contributed by atoms with E-state index in [1.165, 1.54) is 20.0 Å². The number of rotatable bonds is 2. The fraction of sp³-hybridized carbons (Fsp3) is 0.300. The van der Waals surface area contributed by atoms with Gasteiger partial charge in [-0.25, -0.2) is 0 Å². The third-order valence-corrected chi connectivity index (χ3v) is 1.90. The van der Waals surface area contributed by atoms with Gasteiger partial charge < -0.3 is 10.1 Å². The number of hydrogen-bond donors (Lipinski definition) is 1. The Morgan fingerprint density at radius 2 is 2.00 bits per heavy atom. The summed E-state index contributed by atoms with van der Waals surface area (Å²) in [4.78, 5) is 11.3. The van der Waals surface area contributed by atoms with Gasteiger partial charge in [-0.05, 0) is 30.7 Å². The number of nitrogens with one attached hydrogen (secondary N) is 1. The molecule has 0 atom stereocenters. The molecular weight excluding hydrogens is 223 g/mol. The molecule has 16 heavy (non-hydrogen) atoms. The van der Waals surface area contributed by atoms with Crippen molar-refractivity contribution in [3.63, 3.8) is 0 Å². The molecule has 0 heterocycles. The summed E-state index contributed by atoms with van der Waals surface area (Å²) in [5, 5.41) is 2.39. The zero-order valence-corrected chi connectivity index (χ0v) is 8.68. The van der Waals surface area contributed by atoms with Crippen molar-refractivity contribution in [3.05, 3.63) is 29.3 Å². The molecule has 0 saturated heterocycles. The molecule has 0 radical (unpaired) electrons. The van der Waals surface area contributed by atoms with E-state index in [9.17, 15) is 18.0 Å². The van der Waals surface area contributed by atoms with Gasteiger partial charge in [0.15, 0.2) is 0 Å². The lowest BCUT2D eigenvalue weighted by molar-refractivity contribution is -0.274. The zero-order valence-electron chi connectivity index (χ0n) is 8.68. The summed E-state index contributed by atoms with van der Waals surface area (Å²) < 4.78 is 39.4. The number of aryl methyl sites for hydroxylation is 1. The molecule has 0 aromatic heterocycles. The summed E-state index contributed by atoms with van der Waals surface area (Å²) in [5.74, 6) is -0.686. The molecule has 0 aliphatic rings. The van der Waals surface area contributed by atoms with Gasteiger partial charge in [-0.1, -0.05) is 0 Å². The number of halogens is 3. The summed E-state index contributed by atoms with van der Waals surface area (Å²) in [6.45, 7) is 1.54. The van der Waals surface area contributed by atoms with Gasteiger partial charge in [0.2, 0.25) is 0 Å². The summed E-state index contributed by atoms with van der Waals surface area (Å²) >= 11 is 0. The van der Waals surface area contributed by atoms with Crippen molar-refractivity contribution >= 4 is 5.91 Å². The monoisotopic (exact) mass is 233 g/mol. The number of carbonyl (C=O) groups is 1. The minimum atomic E-state index is -4.72. The molecule has 0 aliphatic carbocycles. The highest BCUT2D eigenvalue weighted by Gasteiger charge is 2.31. The van der Waals surface area contributed by atoms with Crippen LogP contribution in [0.2, 0.25) is 0 Å². The highest BCUT2D eigenvalue weighted by Crippen LogP contribution is 2.24. The summed E-state index contributed by atoms with van der Waals surface area (Å²) in [7, 11) is 1.45. The first kappa shape index (κ1) is 12.4. The molecule has 1 aromatic rings. The predicted octanol–water partition coefficient (Wildman–Crippen LogP) is 2.25. The molecule has 1 rings (SSSR count). The van der Waals surface area contributed by atoms with Crippen molar-refractivity contribution in [1.82, 2.24) is 5.32 Å². The second-order valence-corrected chi connectivity index (χ2v) is 3.10. The Morgan fingerprint density at radius 1 is 1.38 bits per heavy atom. The lowest BCUT2D eigenvalue weighted by Gasteiger charge is -2.10. The molecule has 88 valence electrons. The molecule has 0 spiro atoms. The minimum absolute atomic E-state index is 0.317. The SMILES string of the molecule is CNC(=O)c1ccc(OC(F)(F)F)cc1C. The second kappa shape index (κ2) is 4.42. The van der Waals surface area contributed by atoms with Crippen molar-refractivity contribution in [1.29, 1.82) is 0 Å². The van der Waals surface area contributed by atoms with Crippen LogP contribution in [0.25, 0.3) is 0 Å². The van der Waals surface area contributed by atoms with E-state index in [0.717, 1.165) is 12.1 Å². The molecule has 0 fully saturated rings. The highest BCUT2D eigenvalue weighted by molar-refractivity contribution is 5.95. The summed E-state index contributed by atoms with van der Waals surface area (Å²) in [6, 6.07) is 3.55. The second-order valence-electron chi connectivity index (χ2n) is 3.10. The predicted molar refractivity (Wildman–Crippen MR) is 51.3 cm³/mol. The lowest BCUT2D eigenvalue weighted by Crippen LogP contribution is -2.20. The Balaban J connectivity index is 2.96. The number of benzene rings is 1. The van der Waals surface area contributed by atoms with Gasteiger partial charge in [0, 0.05) is 12.6 Å². The van der Waals surface area contributed by atoms with E-state index < -0.39 is 6.36 Å². The zero-order chi connectivity index (χ0) is 12.3. The topological polar surface area (TPSA) is 38.3 Å². The first-order valence-electron chi connectivity index (χ1n) is 4.42.